The van der Waals surface area contributed by atoms with E-state index in [-0.39, 0.29) is 0 Å². The van der Waals surface area contributed by atoms with Crippen LogP contribution in [0.3, 0.4) is 0 Å². The van der Waals surface area contributed by atoms with Gasteiger partial charge >= 0.3 is 6.03 Å². The predicted octanol–water partition coefficient (Wildman–Crippen LogP) is 2.65. The van der Waals surface area contributed by atoms with Crippen molar-refractivity contribution in [2.24, 2.45) is 10.8 Å². The average Bonchev–Trinajstić information content (AvgIpc) is 2.82. The number of hydrogen-bond donors (Lipinski definition) is 2. The van der Waals surface area contributed by atoms with Gasteiger partial charge in [0.1, 0.15) is 0 Å². The maximum atomic E-state index is 10.7. The maximum absolute atomic E-state index is 10.7. The molecule has 0 saturated heterocycles. The summed E-state index contributed by atoms with van der Waals surface area (Å²) in [6, 6.07) is 14.0. The Bertz CT molecular complexity index is 719. The summed E-state index contributed by atoms with van der Waals surface area (Å²) in [5.74, 6) is 0. The van der Waals surface area contributed by atoms with E-state index >= 15 is 0 Å². The topological polar surface area (TPSA) is 67.5 Å². The van der Waals surface area contributed by atoms with E-state index < -0.39 is 6.03 Å². The number of amides is 2. The number of nitrogens with zero attached hydrogens (tertiary/aromatic N) is 1. The van der Waals surface area contributed by atoms with Crippen LogP contribution in [0, 0.1) is 0 Å². The Morgan fingerprint density at radius 2 is 1.90 bits per heavy atom. The lowest BCUT2D eigenvalue weighted by atomic mass is 10.0. The molecule has 0 saturated carbocycles. The first-order chi connectivity index (χ1) is 9.65. The molecule has 100 valence electrons. The zero-order valence-electron chi connectivity index (χ0n) is 11.2. The molecular formula is C16H15N3O. The number of nitrogens with two attached hydrogens (primary N) is 1. The first-order valence-electron chi connectivity index (χ1n) is 6.46. The molecule has 1 aliphatic carbocycles. The molecule has 0 fully saturated rings. The standard InChI is InChI=1S/C16H15N3O/c1-10(18-19-16(17)20)11-6-7-15-13(8-11)9-12-4-2-3-5-14(12)15/h2-8H,9H2,1H3,(H3,17,19,20)/b18-10-. The van der Waals surface area contributed by atoms with Crippen molar-refractivity contribution in [3.05, 3.63) is 59.2 Å². The van der Waals surface area contributed by atoms with Gasteiger partial charge in [-0.05, 0) is 47.2 Å². The van der Waals surface area contributed by atoms with Crippen LogP contribution in [0.2, 0.25) is 0 Å². The Morgan fingerprint density at radius 1 is 1.15 bits per heavy atom. The number of benzene rings is 2. The van der Waals surface area contributed by atoms with E-state index in [0.29, 0.717) is 0 Å². The number of primary amides is 1. The maximum Gasteiger partial charge on any atom is 0.332 e. The normalized spacial score (nSPS) is 12.8. The third-order valence-corrected chi connectivity index (χ3v) is 3.55. The van der Waals surface area contributed by atoms with E-state index in [9.17, 15) is 4.79 Å². The summed E-state index contributed by atoms with van der Waals surface area (Å²) in [5.41, 5.74) is 14.2. The Labute approximate surface area is 117 Å². The lowest BCUT2D eigenvalue weighted by molar-refractivity contribution is 0.249. The summed E-state index contributed by atoms with van der Waals surface area (Å²) in [5, 5.41) is 3.96. The number of hydrazone groups is 1. The number of hydrogen-bond acceptors (Lipinski definition) is 2. The molecule has 0 unspecified atom stereocenters. The van der Waals surface area contributed by atoms with E-state index in [0.717, 1.165) is 17.7 Å². The quantitative estimate of drug-likeness (QED) is 0.543. The third-order valence-electron chi connectivity index (χ3n) is 3.55. The van der Waals surface area contributed by atoms with Crippen LogP contribution in [-0.2, 0) is 6.42 Å². The Morgan fingerprint density at radius 3 is 2.70 bits per heavy atom. The van der Waals surface area contributed by atoms with Gasteiger partial charge in [0.05, 0.1) is 5.71 Å². The van der Waals surface area contributed by atoms with Gasteiger partial charge < -0.3 is 5.73 Å². The minimum absolute atomic E-state index is 0.655. The van der Waals surface area contributed by atoms with E-state index in [2.05, 4.69) is 46.9 Å². The highest BCUT2D eigenvalue weighted by Gasteiger charge is 2.18. The molecular weight excluding hydrogens is 250 g/mol. The number of rotatable bonds is 2. The third kappa shape index (κ3) is 2.16. The van der Waals surface area contributed by atoms with Crippen molar-refractivity contribution in [1.29, 1.82) is 0 Å². The molecule has 0 aliphatic heterocycles. The Kier molecular flexibility index (Phi) is 2.99. The van der Waals surface area contributed by atoms with Crippen LogP contribution in [0.4, 0.5) is 4.79 Å². The molecule has 1 aliphatic rings. The molecule has 4 heteroatoms. The van der Waals surface area contributed by atoms with Crippen molar-refractivity contribution >= 4 is 11.7 Å². The van der Waals surface area contributed by atoms with Crippen LogP contribution >= 0.6 is 0 Å². The molecule has 0 radical (unpaired) electrons. The van der Waals surface area contributed by atoms with Crippen LogP contribution in [0.25, 0.3) is 11.1 Å². The van der Waals surface area contributed by atoms with Gasteiger partial charge in [-0.2, -0.15) is 5.10 Å². The largest absolute Gasteiger partial charge is 0.350 e. The van der Waals surface area contributed by atoms with Gasteiger partial charge in [-0.25, -0.2) is 10.2 Å². The molecule has 2 aromatic carbocycles. The number of carbonyl (C=O) groups excluding carboxylic acids is 1. The van der Waals surface area contributed by atoms with E-state index in [1.165, 1.54) is 22.3 Å². The van der Waals surface area contributed by atoms with Gasteiger partial charge in [-0.1, -0.05) is 36.4 Å². The second-order valence-electron chi connectivity index (χ2n) is 4.88. The summed E-state index contributed by atoms with van der Waals surface area (Å²) < 4.78 is 0. The van der Waals surface area contributed by atoms with Crippen molar-refractivity contribution in [3.63, 3.8) is 0 Å². The summed E-state index contributed by atoms with van der Waals surface area (Å²) in [6.07, 6.45) is 0.940. The number of fused-ring (bicyclic) bond motifs is 3. The predicted molar refractivity (Wildman–Crippen MR) is 79.6 cm³/mol. The van der Waals surface area contributed by atoms with Gasteiger partial charge in [0.25, 0.3) is 0 Å². The molecule has 0 bridgehead atoms. The minimum atomic E-state index is -0.655. The van der Waals surface area contributed by atoms with Gasteiger partial charge in [0, 0.05) is 0 Å². The first-order valence-corrected chi connectivity index (χ1v) is 6.46. The highest BCUT2D eigenvalue weighted by molar-refractivity contribution is 6.00. The molecule has 2 aromatic rings. The molecule has 3 rings (SSSR count). The fourth-order valence-electron chi connectivity index (χ4n) is 2.57. The smallest absolute Gasteiger partial charge is 0.332 e. The van der Waals surface area contributed by atoms with Crippen molar-refractivity contribution in [2.45, 2.75) is 13.3 Å². The van der Waals surface area contributed by atoms with Crippen LogP contribution in [0.15, 0.2) is 47.6 Å². The van der Waals surface area contributed by atoms with Crippen molar-refractivity contribution in [1.82, 2.24) is 5.43 Å². The summed E-state index contributed by atoms with van der Waals surface area (Å²) in [7, 11) is 0. The fourth-order valence-corrected chi connectivity index (χ4v) is 2.57. The molecule has 3 N–H and O–H groups in total. The molecule has 0 heterocycles. The second-order valence-corrected chi connectivity index (χ2v) is 4.88. The lowest BCUT2D eigenvalue weighted by Crippen LogP contribution is -2.25. The molecule has 2 amide bonds. The van der Waals surface area contributed by atoms with Crippen LogP contribution in [0.1, 0.15) is 23.6 Å². The van der Waals surface area contributed by atoms with Crippen molar-refractivity contribution < 1.29 is 4.79 Å². The molecule has 0 spiro atoms. The minimum Gasteiger partial charge on any atom is -0.350 e. The molecule has 20 heavy (non-hydrogen) atoms. The monoisotopic (exact) mass is 265 g/mol. The van der Waals surface area contributed by atoms with Crippen molar-refractivity contribution in [3.8, 4) is 11.1 Å². The van der Waals surface area contributed by atoms with Gasteiger partial charge in [-0.15, -0.1) is 0 Å². The average molecular weight is 265 g/mol. The van der Waals surface area contributed by atoms with Crippen LogP contribution in [-0.4, -0.2) is 11.7 Å². The Balaban J connectivity index is 1.95. The SMILES string of the molecule is C/C(=N/NC(N)=O)c1ccc2c(c1)Cc1ccccc1-2. The lowest BCUT2D eigenvalue weighted by Gasteiger charge is -2.05. The highest BCUT2D eigenvalue weighted by Crippen LogP contribution is 2.36. The fraction of sp³-hybridized carbons (Fsp3) is 0.125. The van der Waals surface area contributed by atoms with Gasteiger partial charge in [0.15, 0.2) is 0 Å². The van der Waals surface area contributed by atoms with E-state index in [1.54, 1.807) is 0 Å². The summed E-state index contributed by atoms with van der Waals surface area (Å²) in [4.78, 5) is 10.7. The first kappa shape index (κ1) is 12.4. The molecule has 4 nitrogen and oxygen atoms in total. The number of nitrogens with one attached hydrogen (secondary N) is 1. The number of urea groups is 1. The van der Waals surface area contributed by atoms with Crippen LogP contribution < -0.4 is 11.2 Å². The zero-order chi connectivity index (χ0) is 14.1. The summed E-state index contributed by atoms with van der Waals surface area (Å²) in [6.45, 7) is 1.85. The van der Waals surface area contributed by atoms with Gasteiger partial charge in [-0.3, -0.25) is 0 Å². The van der Waals surface area contributed by atoms with E-state index in [4.69, 9.17) is 5.73 Å². The molecule has 0 aromatic heterocycles. The summed E-state index contributed by atoms with van der Waals surface area (Å²) >= 11 is 0. The Hall–Kier alpha value is -2.62. The second kappa shape index (κ2) is 4.81. The highest BCUT2D eigenvalue weighted by atomic mass is 16.2. The van der Waals surface area contributed by atoms with E-state index in [1.807, 2.05) is 13.0 Å². The molecule has 0 atom stereocenters. The van der Waals surface area contributed by atoms with Gasteiger partial charge in [0.2, 0.25) is 0 Å². The van der Waals surface area contributed by atoms with Crippen molar-refractivity contribution in [2.75, 3.05) is 0 Å². The van der Waals surface area contributed by atoms with Crippen LogP contribution in [0.5, 0.6) is 0 Å². The number of carbonyl (C=O) groups is 1. The zero-order valence-corrected chi connectivity index (χ0v) is 11.2.